The van der Waals surface area contributed by atoms with Crippen LogP contribution in [0.2, 0.25) is 0 Å². The lowest BCUT2D eigenvalue weighted by molar-refractivity contribution is 0.699. The van der Waals surface area contributed by atoms with E-state index < -0.39 is 0 Å². The Bertz CT molecular complexity index is 617. The molecule has 1 atom stereocenters. The number of aryl methyl sites for hydroxylation is 2. The van der Waals surface area contributed by atoms with Crippen molar-refractivity contribution in [3.05, 3.63) is 38.0 Å². The van der Waals surface area contributed by atoms with Crippen LogP contribution in [-0.2, 0) is 12.8 Å². The molecule has 0 bridgehead atoms. The number of aromatic nitrogens is 1. The van der Waals surface area contributed by atoms with Crippen LogP contribution >= 0.6 is 22.7 Å². The van der Waals surface area contributed by atoms with Crippen molar-refractivity contribution in [1.29, 1.82) is 0 Å². The largest absolute Gasteiger partial charge is 0.356 e. The standard InChI is InChI=1S/C17H26N4S2/c1-5-15-13(3)23-16(21-15)6-8-19-17(18-4)20-10-12(2)14-7-9-22-11-14/h7,9,11-12H,5-6,8,10H2,1-4H3,(H2,18,19,20). The van der Waals surface area contributed by atoms with Gasteiger partial charge in [-0.15, -0.1) is 11.3 Å². The van der Waals surface area contributed by atoms with Crippen molar-refractivity contribution in [2.45, 2.75) is 39.5 Å². The van der Waals surface area contributed by atoms with Crippen molar-refractivity contribution in [3.8, 4) is 0 Å². The summed E-state index contributed by atoms with van der Waals surface area (Å²) in [5.41, 5.74) is 2.61. The van der Waals surface area contributed by atoms with Gasteiger partial charge in [0.25, 0.3) is 0 Å². The van der Waals surface area contributed by atoms with E-state index >= 15 is 0 Å². The smallest absolute Gasteiger partial charge is 0.191 e. The highest BCUT2D eigenvalue weighted by Gasteiger charge is 2.08. The molecule has 0 aromatic carbocycles. The molecule has 2 aromatic heterocycles. The lowest BCUT2D eigenvalue weighted by atomic mass is 10.1. The number of thiazole rings is 1. The second kappa shape index (κ2) is 9.03. The van der Waals surface area contributed by atoms with Gasteiger partial charge in [0.2, 0.25) is 0 Å². The highest BCUT2D eigenvalue weighted by molar-refractivity contribution is 7.11. The molecule has 0 aliphatic heterocycles. The van der Waals surface area contributed by atoms with Gasteiger partial charge in [-0.2, -0.15) is 11.3 Å². The average Bonchev–Trinajstić information content (AvgIpc) is 3.20. The average molecular weight is 351 g/mol. The summed E-state index contributed by atoms with van der Waals surface area (Å²) in [6.07, 6.45) is 1.95. The Balaban J connectivity index is 1.74. The first kappa shape index (κ1) is 17.9. The zero-order chi connectivity index (χ0) is 16.7. The molecule has 0 aliphatic carbocycles. The van der Waals surface area contributed by atoms with E-state index in [1.54, 1.807) is 22.7 Å². The molecule has 0 saturated carbocycles. The number of guanidine groups is 1. The van der Waals surface area contributed by atoms with Crippen LogP contribution in [-0.4, -0.2) is 31.1 Å². The minimum absolute atomic E-state index is 0.480. The molecule has 23 heavy (non-hydrogen) atoms. The van der Waals surface area contributed by atoms with Gasteiger partial charge in [-0.3, -0.25) is 4.99 Å². The Morgan fingerprint density at radius 1 is 1.39 bits per heavy atom. The molecule has 0 saturated heterocycles. The molecule has 2 rings (SSSR count). The first-order valence-corrected chi connectivity index (χ1v) is 9.81. The first-order valence-electron chi connectivity index (χ1n) is 8.05. The summed E-state index contributed by atoms with van der Waals surface area (Å²) in [6.45, 7) is 8.27. The highest BCUT2D eigenvalue weighted by Crippen LogP contribution is 2.18. The fourth-order valence-electron chi connectivity index (χ4n) is 2.35. The summed E-state index contributed by atoms with van der Waals surface area (Å²) in [7, 11) is 1.81. The second-order valence-electron chi connectivity index (χ2n) is 5.55. The van der Waals surface area contributed by atoms with E-state index in [9.17, 15) is 0 Å². The van der Waals surface area contributed by atoms with Gasteiger partial charge in [-0.25, -0.2) is 4.98 Å². The van der Waals surface area contributed by atoms with Gasteiger partial charge in [-0.05, 0) is 41.7 Å². The molecule has 2 aromatic rings. The number of rotatable bonds is 7. The topological polar surface area (TPSA) is 49.3 Å². The number of aliphatic imine (C=N–C) groups is 1. The molecule has 1 unspecified atom stereocenters. The molecular formula is C17H26N4S2. The highest BCUT2D eigenvalue weighted by atomic mass is 32.1. The van der Waals surface area contributed by atoms with Crippen LogP contribution in [0.1, 0.15) is 40.9 Å². The Morgan fingerprint density at radius 3 is 2.83 bits per heavy atom. The van der Waals surface area contributed by atoms with Crippen molar-refractivity contribution in [3.63, 3.8) is 0 Å². The van der Waals surface area contributed by atoms with Crippen LogP contribution in [0.4, 0.5) is 0 Å². The van der Waals surface area contributed by atoms with Gasteiger partial charge in [0, 0.05) is 31.4 Å². The van der Waals surface area contributed by atoms with E-state index in [0.717, 1.165) is 31.9 Å². The number of hydrogen-bond donors (Lipinski definition) is 2. The summed E-state index contributed by atoms with van der Waals surface area (Å²) >= 11 is 3.55. The van der Waals surface area contributed by atoms with E-state index in [-0.39, 0.29) is 0 Å². The van der Waals surface area contributed by atoms with E-state index in [0.29, 0.717) is 5.92 Å². The maximum absolute atomic E-state index is 4.68. The van der Waals surface area contributed by atoms with E-state index in [4.69, 9.17) is 0 Å². The Morgan fingerprint density at radius 2 is 2.22 bits per heavy atom. The van der Waals surface area contributed by atoms with Crippen LogP contribution in [0, 0.1) is 6.92 Å². The minimum Gasteiger partial charge on any atom is -0.356 e. The molecule has 0 fully saturated rings. The zero-order valence-corrected chi connectivity index (χ0v) is 16.0. The fourth-order valence-corrected chi connectivity index (χ4v) is 4.16. The summed E-state index contributed by atoms with van der Waals surface area (Å²) in [5.74, 6) is 1.34. The van der Waals surface area contributed by atoms with Crippen molar-refractivity contribution in [1.82, 2.24) is 15.6 Å². The van der Waals surface area contributed by atoms with E-state index in [2.05, 4.69) is 58.2 Å². The predicted octanol–water partition coefficient (Wildman–Crippen LogP) is 3.59. The summed E-state index contributed by atoms with van der Waals surface area (Å²) in [6, 6.07) is 2.18. The van der Waals surface area contributed by atoms with Gasteiger partial charge in [0.05, 0.1) is 10.7 Å². The van der Waals surface area contributed by atoms with Gasteiger partial charge < -0.3 is 10.6 Å². The third-order valence-corrected chi connectivity index (χ3v) is 5.59. The Hall–Kier alpha value is -1.40. The van der Waals surface area contributed by atoms with E-state index in [1.165, 1.54) is 21.1 Å². The number of nitrogens with one attached hydrogen (secondary N) is 2. The third kappa shape index (κ3) is 5.32. The molecule has 126 valence electrons. The molecule has 2 heterocycles. The molecule has 0 radical (unpaired) electrons. The van der Waals surface area contributed by atoms with Crippen LogP contribution in [0.3, 0.4) is 0 Å². The lowest BCUT2D eigenvalue weighted by Crippen LogP contribution is -2.39. The summed E-state index contributed by atoms with van der Waals surface area (Å²) in [5, 5.41) is 12.3. The fraction of sp³-hybridized carbons (Fsp3) is 0.529. The second-order valence-corrected chi connectivity index (χ2v) is 7.62. The van der Waals surface area contributed by atoms with Gasteiger partial charge in [0.1, 0.15) is 0 Å². The SMILES string of the molecule is CCc1nc(CCNC(=NC)NCC(C)c2ccsc2)sc1C. The predicted molar refractivity (Wildman–Crippen MR) is 102 cm³/mol. The van der Waals surface area contributed by atoms with Gasteiger partial charge in [-0.1, -0.05) is 13.8 Å². The molecule has 2 N–H and O–H groups in total. The van der Waals surface area contributed by atoms with Gasteiger partial charge >= 0.3 is 0 Å². The lowest BCUT2D eigenvalue weighted by Gasteiger charge is -2.15. The number of hydrogen-bond acceptors (Lipinski definition) is 4. The molecular weight excluding hydrogens is 324 g/mol. The third-order valence-electron chi connectivity index (χ3n) is 3.81. The van der Waals surface area contributed by atoms with Crippen LogP contribution in [0.5, 0.6) is 0 Å². The van der Waals surface area contributed by atoms with Crippen molar-refractivity contribution < 1.29 is 0 Å². The van der Waals surface area contributed by atoms with E-state index in [1.807, 2.05) is 7.05 Å². The summed E-state index contributed by atoms with van der Waals surface area (Å²) in [4.78, 5) is 10.3. The minimum atomic E-state index is 0.480. The van der Waals surface area contributed by atoms with Gasteiger partial charge in [0.15, 0.2) is 5.96 Å². The first-order chi connectivity index (χ1) is 11.1. The molecule has 0 spiro atoms. The zero-order valence-electron chi connectivity index (χ0n) is 14.3. The quantitative estimate of drug-likeness (QED) is 0.593. The van der Waals surface area contributed by atoms with Crippen molar-refractivity contribution >= 4 is 28.6 Å². The maximum atomic E-state index is 4.68. The van der Waals surface area contributed by atoms with Crippen LogP contribution < -0.4 is 10.6 Å². The molecule has 0 aliphatic rings. The van der Waals surface area contributed by atoms with Crippen LogP contribution in [0.25, 0.3) is 0 Å². The summed E-state index contributed by atoms with van der Waals surface area (Å²) < 4.78 is 0. The van der Waals surface area contributed by atoms with Crippen LogP contribution in [0.15, 0.2) is 21.8 Å². The Kier molecular flexibility index (Phi) is 7.05. The maximum Gasteiger partial charge on any atom is 0.191 e. The Labute approximate surface area is 147 Å². The monoisotopic (exact) mass is 350 g/mol. The van der Waals surface area contributed by atoms with Crippen molar-refractivity contribution in [2.75, 3.05) is 20.1 Å². The number of thiophene rings is 1. The molecule has 0 amide bonds. The van der Waals surface area contributed by atoms with Crippen molar-refractivity contribution in [2.24, 2.45) is 4.99 Å². The molecule has 4 nitrogen and oxygen atoms in total. The number of nitrogens with zero attached hydrogens (tertiary/aromatic N) is 2. The normalized spacial score (nSPS) is 13.1. The molecule has 6 heteroatoms.